The van der Waals surface area contributed by atoms with Crippen LogP contribution >= 0.6 is 0 Å². The third-order valence-electron chi connectivity index (χ3n) is 3.14. The molecule has 0 spiro atoms. The molecular formula is C15H13NO3. The van der Waals surface area contributed by atoms with Crippen LogP contribution in [0, 0.1) is 5.41 Å². The van der Waals surface area contributed by atoms with Crippen LogP contribution in [-0.4, -0.2) is 14.2 Å². The molecule has 1 heterocycles. The molecule has 0 atom stereocenters. The van der Waals surface area contributed by atoms with Crippen molar-refractivity contribution in [3.63, 3.8) is 0 Å². The SMILES string of the molecule is COc1ccc2c(=N)c3ccc(OC)cc3oc2c1. The fourth-order valence-corrected chi connectivity index (χ4v) is 2.10. The molecule has 0 radical (unpaired) electrons. The van der Waals surface area contributed by atoms with Gasteiger partial charge in [0.05, 0.1) is 19.6 Å². The maximum atomic E-state index is 8.25. The van der Waals surface area contributed by atoms with Gasteiger partial charge in [0.25, 0.3) is 0 Å². The van der Waals surface area contributed by atoms with Crippen LogP contribution < -0.4 is 14.8 Å². The summed E-state index contributed by atoms with van der Waals surface area (Å²) in [5, 5.41) is 10.2. The van der Waals surface area contributed by atoms with Crippen molar-refractivity contribution in [3.05, 3.63) is 41.8 Å². The fourth-order valence-electron chi connectivity index (χ4n) is 2.10. The number of benzene rings is 2. The van der Waals surface area contributed by atoms with Crippen molar-refractivity contribution in [1.82, 2.24) is 0 Å². The van der Waals surface area contributed by atoms with E-state index in [4.69, 9.17) is 19.3 Å². The van der Waals surface area contributed by atoms with Gasteiger partial charge in [-0.05, 0) is 24.3 Å². The number of rotatable bonds is 2. The van der Waals surface area contributed by atoms with Crippen molar-refractivity contribution in [2.75, 3.05) is 14.2 Å². The van der Waals surface area contributed by atoms with Gasteiger partial charge in [-0.2, -0.15) is 0 Å². The molecule has 96 valence electrons. The van der Waals surface area contributed by atoms with Crippen molar-refractivity contribution < 1.29 is 13.9 Å². The molecule has 19 heavy (non-hydrogen) atoms. The molecule has 1 N–H and O–H groups in total. The molecule has 3 rings (SSSR count). The van der Waals surface area contributed by atoms with E-state index in [1.54, 1.807) is 26.4 Å². The summed E-state index contributed by atoms with van der Waals surface area (Å²) in [4.78, 5) is 0. The smallest absolute Gasteiger partial charge is 0.140 e. The van der Waals surface area contributed by atoms with Crippen LogP contribution in [0.3, 0.4) is 0 Å². The van der Waals surface area contributed by atoms with Gasteiger partial charge in [0.1, 0.15) is 22.7 Å². The maximum absolute atomic E-state index is 8.25. The zero-order valence-electron chi connectivity index (χ0n) is 10.7. The van der Waals surface area contributed by atoms with Gasteiger partial charge in [-0.25, -0.2) is 0 Å². The molecular weight excluding hydrogens is 242 g/mol. The van der Waals surface area contributed by atoms with E-state index in [1.165, 1.54) is 0 Å². The van der Waals surface area contributed by atoms with Gasteiger partial charge >= 0.3 is 0 Å². The molecule has 4 nitrogen and oxygen atoms in total. The first-order valence-electron chi connectivity index (χ1n) is 5.86. The van der Waals surface area contributed by atoms with Crippen LogP contribution in [0.5, 0.6) is 11.5 Å². The van der Waals surface area contributed by atoms with E-state index in [9.17, 15) is 0 Å². The van der Waals surface area contributed by atoms with Crippen molar-refractivity contribution in [2.45, 2.75) is 0 Å². The largest absolute Gasteiger partial charge is 0.497 e. The Morgan fingerprint density at radius 2 is 1.32 bits per heavy atom. The quantitative estimate of drug-likeness (QED) is 0.716. The highest BCUT2D eigenvalue weighted by atomic mass is 16.5. The molecule has 0 saturated heterocycles. The van der Waals surface area contributed by atoms with E-state index in [0.717, 1.165) is 10.8 Å². The fraction of sp³-hybridized carbons (Fsp3) is 0.133. The molecule has 0 aliphatic carbocycles. The van der Waals surface area contributed by atoms with Crippen molar-refractivity contribution in [3.8, 4) is 11.5 Å². The van der Waals surface area contributed by atoms with Gasteiger partial charge in [-0.3, -0.25) is 5.41 Å². The van der Waals surface area contributed by atoms with E-state index in [0.29, 0.717) is 28.0 Å². The average Bonchev–Trinajstić information content (AvgIpc) is 2.46. The number of methoxy groups -OCH3 is 2. The summed E-state index contributed by atoms with van der Waals surface area (Å²) in [5.41, 5.74) is 1.26. The number of fused-ring (bicyclic) bond motifs is 2. The third-order valence-corrected chi connectivity index (χ3v) is 3.14. The van der Waals surface area contributed by atoms with E-state index in [2.05, 4.69) is 0 Å². The summed E-state index contributed by atoms with van der Waals surface area (Å²) in [5.74, 6) is 1.41. The van der Waals surface area contributed by atoms with E-state index >= 15 is 0 Å². The Morgan fingerprint density at radius 1 is 0.842 bits per heavy atom. The van der Waals surface area contributed by atoms with Gasteiger partial charge in [-0.1, -0.05) is 0 Å². The minimum Gasteiger partial charge on any atom is -0.497 e. The topological polar surface area (TPSA) is 55.5 Å². The average molecular weight is 255 g/mol. The molecule has 0 aliphatic heterocycles. The summed E-state index contributed by atoms with van der Waals surface area (Å²) in [6, 6.07) is 10.9. The minimum atomic E-state index is 0.446. The summed E-state index contributed by atoms with van der Waals surface area (Å²) in [6.45, 7) is 0. The first-order valence-corrected chi connectivity index (χ1v) is 5.86. The zero-order valence-corrected chi connectivity index (χ0v) is 10.7. The summed E-state index contributed by atoms with van der Waals surface area (Å²) in [7, 11) is 3.21. The Kier molecular flexibility index (Phi) is 2.63. The normalized spacial score (nSPS) is 10.8. The van der Waals surface area contributed by atoms with Crippen molar-refractivity contribution in [2.24, 2.45) is 0 Å². The van der Waals surface area contributed by atoms with Gasteiger partial charge in [0, 0.05) is 22.9 Å². The lowest BCUT2D eigenvalue weighted by molar-refractivity contribution is 0.413. The molecule has 0 amide bonds. The van der Waals surface area contributed by atoms with Crippen LogP contribution in [0.2, 0.25) is 0 Å². The first-order chi connectivity index (χ1) is 9.22. The number of hydrogen-bond acceptors (Lipinski definition) is 4. The lowest BCUT2D eigenvalue weighted by Crippen LogP contribution is -2.02. The Labute approximate surface area is 109 Å². The van der Waals surface area contributed by atoms with Gasteiger partial charge in [0.15, 0.2) is 0 Å². The van der Waals surface area contributed by atoms with E-state index in [-0.39, 0.29) is 0 Å². The highest BCUT2D eigenvalue weighted by molar-refractivity contribution is 5.90. The molecule has 0 bridgehead atoms. The van der Waals surface area contributed by atoms with Crippen LogP contribution in [0.25, 0.3) is 21.9 Å². The molecule has 0 unspecified atom stereocenters. The zero-order chi connectivity index (χ0) is 13.4. The first kappa shape index (κ1) is 11.6. The monoisotopic (exact) mass is 255 g/mol. The highest BCUT2D eigenvalue weighted by Gasteiger charge is 2.07. The summed E-state index contributed by atoms with van der Waals surface area (Å²) >= 11 is 0. The van der Waals surface area contributed by atoms with Crippen LogP contribution in [0.1, 0.15) is 0 Å². The predicted octanol–water partition coefficient (Wildman–Crippen LogP) is 3.08. The second-order valence-electron chi connectivity index (χ2n) is 4.20. The standard InChI is InChI=1S/C15H13NO3/c1-17-9-3-5-11-13(7-9)19-14-8-10(18-2)4-6-12(14)15(11)16/h3-8,16H,1-2H3. The Balaban J connectivity index is 2.41. The Morgan fingerprint density at radius 3 is 1.74 bits per heavy atom. The van der Waals surface area contributed by atoms with Gasteiger partial charge in [-0.15, -0.1) is 0 Å². The molecule has 0 fully saturated rings. The minimum absolute atomic E-state index is 0.446. The van der Waals surface area contributed by atoms with Crippen LogP contribution in [0.15, 0.2) is 40.8 Å². The Hall–Kier alpha value is -2.49. The number of hydrogen-bond donors (Lipinski definition) is 1. The predicted molar refractivity (Wildman–Crippen MR) is 72.7 cm³/mol. The summed E-state index contributed by atoms with van der Waals surface area (Å²) in [6.07, 6.45) is 0. The molecule has 2 aromatic carbocycles. The highest BCUT2D eigenvalue weighted by Crippen LogP contribution is 2.25. The molecule has 1 aromatic heterocycles. The van der Waals surface area contributed by atoms with E-state index in [1.807, 2.05) is 24.3 Å². The lowest BCUT2D eigenvalue weighted by Gasteiger charge is -2.06. The summed E-state index contributed by atoms with van der Waals surface area (Å²) < 4.78 is 16.2. The molecule has 0 saturated carbocycles. The lowest BCUT2D eigenvalue weighted by atomic mass is 10.1. The van der Waals surface area contributed by atoms with Gasteiger partial charge < -0.3 is 13.9 Å². The molecule has 3 aromatic rings. The van der Waals surface area contributed by atoms with E-state index < -0.39 is 0 Å². The van der Waals surface area contributed by atoms with Crippen molar-refractivity contribution >= 4 is 21.9 Å². The van der Waals surface area contributed by atoms with Crippen LogP contribution in [0.4, 0.5) is 0 Å². The second kappa shape index (κ2) is 4.31. The third kappa shape index (κ3) is 1.81. The number of ether oxygens (including phenoxy) is 2. The molecule has 4 heteroatoms. The Bertz CT molecular complexity index is 756. The van der Waals surface area contributed by atoms with Crippen LogP contribution in [-0.2, 0) is 0 Å². The second-order valence-corrected chi connectivity index (χ2v) is 4.20. The van der Waals surface area contributed by atoms with Gasteiger partial charge in [0.2, 0.25) is 0 Å². The van der Waals surface area contributed by atoms with Crippen molar-refractivity contribution in [1.29, 1.82) is 5.41 Å². The number of nitrogens with one attached hydrogen (secondary N) is 1. The maximum Gasteiger partial charge on any atom is 0.140 e. The molecule has 0 aliphatic rings.